The van der Waals surface area contributed by atoms with Crippen molar-refractivity contribution in [1.82, 2.24) is 0 Å². The van der Waals surface area contributed by atoms with Crippen molar-refractivity contribution in [3.8, 4) is 11.8 Å². The molecule has 4 rings (SSSR count). The number of esters is 1. The number of benzene rings is 2. The van der Waals surface area contributed by atoms with Gasteiger partial charge in [0, 0.05) is 0 Å². The maximum absolute atomic E-state index is 12.8. The van der Waals surface area contributed by atoms with E-state index in [0.29, 0.717) is 23.4 Å². The third kappa shape index (κ3) is 2.71. The van der Waals surface area contributed by atoms with E-state index in [1.165, 1.54) is 4.90 Å². The summed E-state index contributed by atoms with van der Waals surface area (Å²) in [5.41, 5.74) is 1.08. The zero-order chi connectivity index (χ0) is 20.6. The maximum atomic E-state index is 12.8. The van der Waals surface area contributed by atoms with E-state index in [4.69, 9.17) is 14.2 Å². The quantitative estimate of drug-likeness (QED) is 0.743. The fraction of sp³-hybridized carbons (Fsp3) is 0.318. The summed E-state index contributed by atoms with van der Waals surface area (Å²) >= 11 is 0. The van der Waals surface area contributed by atoms with E-state index in [2.05, 4.69) is 6.07 Å². The van der Waals surface area contributed by atoms with E-state index in [0.717, 1.165) is 5.56 Å². The summed E-state index contributed by atoms with van der Waals surface area (Å²) in [5, 5.41) is 9.89. The van der Waals surface area contributed by atoms with Gasteiger partial charge in [-0.15, -0.1) is 0 Å². The number of nitriles is 1. The van der Waals surface area contributed by atoms with E-state index in [-0.39, 0.29) is 6.61 Å². The van der Waals surface area contributed by atoms with Gasteiger partial charge in [-0.3, -0.25) is 4.79 Å². The van der Waals surface area contributed by atoms with Crippen molar-refractivity contribution in [3.05, 3.63) is 59.7 Å². The molecule has 2 aromatic rings. The normalized spacial score (nSPS) is 24.3. The summed E-state index contributed by atoms with van der Waals surface area (Å²) in [7, 11) is 1.54. The summed E-state index contributed by atoms with van der Waals surface area (Å²) in [4.78, 5) is 26.8. The van der Waals surface area contributed by atoms with Gasteiger partial charge < -0.3 is 14.2 Å². The molecule has 2 aliphatic heterocycles. The third-order valence-electron chi connectivity index (χ3n) is 5.55. The molecule has 3 atom stereocenters. The summed E-state index contributed by atoms with van der Waals surface area (Å²) in [6.07, 6.45) is -1.25. The van der Waals surface area contributed by atoms with Crippen LogP contribution in [0.1, 0.15) is 18.1 Å². The topological polar surface area (TPSA) is 88.9 Å². The van der Waals surface area contributed by atoms with Crippen molar-refractivity contribution >= 4 is 17.7 Å². The highest BCUT2D eigenvalue weighted by Crippen LogP contribution is 2.56. The van der Waals surface area contributed by atoms with Crippen molar-refractivity contribution in [3.63, 3.8) is 0 Å². The number of anilines is 1. The Morgan fingerprint density at radius 1 is 1.28 bits per heavy atom. The zero-order valence-corrected chi connectivity index (χ0v) is 16.1. The number of fused-ring (bicyclic) bond motifs is 3. The van der Waals surface area contributed by atoms with Crippen LogP contribution >= 0.6 is 0 Å². The van der Waals surface area contributed by atoms with Crippen molar-refractivity contribution in [2.45, 2.75) is 25.0 Å². The highest BCUT2D eigenvalue weighted by molar-refractivity contribution is 5.96. The van der Waals surface area contributed by atoms with Gasteiger partial charge in [0.05, 0.1) is 30.9 Å². The Morgan fingerprint density at radius 3 is 2.69 bits per heavy atom. The minimum absolute atomic E-state index is 0.175. The van der Waals surface area contributed by atoms with Crippen LogP contribution in [0.4, 0.5) is 10.5 Å². The Balaban J connectivity index is 1.95. The Hall–Kier alpha value is -3.53. The second-order valence-electron chi connectivity index (χ2n) is 7.01. The molecule has 0 N–H and O–H groups in total. The molecule has 7 nitrogen and oxygen atoms in total. The fourth-order valence-corrected chi connectivity index (χ4v) is 4.33. The van der Waals surface area contributed by atoms with Gasteiger partial charge in [-0.1, -0.05) is 30.3 Å². The van der Waals surface area contributed by atoms with E-state index >= 15 is 0 Å². The van der Waals surface area contributed by atoms with Crippen LogP contribution in [0.5, 0.6) is 5.75 Å². The molecule has 0 spiro atoms. The number of rotatable bonds is 4. The van der Waals surface area contributed by atoms with Gasteiger partial charge in [-0.2, -0.15) is 5.26 Å². The third-order valence-corrected chi connectivity index (χ3v) is 5.55. The van der Waals surface area contributed by atoms with Crippen LogP contribution in [0.3, 0.4) is 0 Å². The number of carbonyl (C=O) groups excluding carboxylic acids is 2. The predicted octanol–water partition coefficient (Wildman–Crippen LogP) is 3.17. The van der Waals surface area contributed by atoms with Crippen LogP contribution in [0, 0.1) is 17.2 Å². The molecule has 2 aromatic carbocycles. The van der Waals surface area contributed by atoms with Gasteiger partial charge in [0.2, 0.25) is 0 Å². The Kier molecular flexibility index (Phi) is 4.63. The van der Waals surface area contributed by atoms with Crippen LogP contribution in [0.25, 0.3) is 0 Å². The second kappa shape index (κ2) is 7.13. The van der Waals surface area contributed by atoms with Gasteiger partial charge in [0.25, 0.3) is 0 Å². The summed E-state index contributed by atoms with van der Waals surface area (Å²) in [5.74, 6) is -1.15. The molecule has 1 amide bonds. The summed E-state index contributed by atoms with van der Waals surface area (Å²) in [6.45, 7) is 1.88. The number of nitrogens with zero attached hydrogens (tertiary/aromatic N) is 2. The molecule has 0 saturated carbocycles. The smallest absolute Gasteiger partial charge is 0.417 e. The SMILES string of the molecule is CCOC(=O)N1c2ccc(OC)cc2[C@]2(Cc3ccccc3)[C@H](C#N)C(=O)O[C@H]12. The maximum Gasteiger partial charge on any atom is 0.417 e. The first-order valence-electron chi connectivity index (χ1n) is 9.35. The number of amides is 1. The molecule has 0 aliphatic carbocycles. The highest BCUT2D eigenvalue weighted by atomic mass is 16.6. The van der Waals surface area contributed by atoms with E-state index in [9.17, 15) is 14.9 Å². The van der Waals surface area contributed by atoms with E-state index < -0.39 is 29.6 Å². The lowest BCUT2D eigenvalue weighted by atomic mass is 9.68. The van der Waals surface area contributed by atoms with Crippen LogP contribution in [0.15, 0.2) is 48.5 Å². The number of carbonyl (C=O) groups is 2. The van der Waals surface area contributed by atoms with Crippen molar-refractivity contribution < 1.29 is 23.8 Å². The lowest BCUT2D eigenvalue weighted by Gasteiger charge is -2.31. The van der Waals surface area contributed by atoms with Gasteiger partial charge in [-0.05, 0) is 42.7 Å². The van der Waals surface area contributed by atoms with Crippen molar-refractivity contribution in [1.29, 1.82) is 5.26 Å². The molecule has 2 aliphatic rings. The molecule has 148 valence electrons. The number of ether oxygens (including phenoxy) is 3. The molecule has 1 saturated heterocycles. The lowest BCUT2D eigenvalue weighted by Crippen LogP contribution is -2.48. The average molecular weight is 392 g/mol. The van der Waals surface area contributed by atoms with Gasteiger partial charge in [0.15, 0.2) is 12.1 Å². The predicted molar refractivity (Wildman–Crippen MR) is 103 cm³/mol. The van der Waals surface area contributed by atoms with Crippen molar-refractivity contribution in [2.24, 2.45) is 5.92 Å². The van der Waals surface area contributed by atoms with Gasteiger partial charge >= 0.3 is 12.1 Å². The van der Waals surface area contributed by atoms with Gasteiger partial charge in [0.1, 0.15) is 5.75 Å². The molecule has 0 aromatic heterocycles. The first-order chi connectivity index (χ1) is 14.1. The molecule has 1 fully saturated rings. The largest absolute Gasteiger partial charge is 0.497 e. The average Bonchev–Trinajstić information content (AvgIpc) is 3.14. The van der Waals surface area contributed by atoms with Crippen LogP contribution in [-0.2, 0) is 26.1 Å². The van der Waals surface area contributed by atoms with E-state index in [1.807, 2.05) is 30.3 Å². The molecular formula is C22H20N2O5. The first kappa shape index (κ1) is 18.8. The Labute approximate surface area is 168 Å². The number of methoxy groups -OCH3 is 1. The minimum Gasteiger partial charge on any atom is -0.497 e. The molecule has 0 bridgehead atoms. The minimum atomic E-state index is -1.07. The Bertz CT molecular complexity index is 1000. The van der Waals surface area contributed by atoms with Crippen LogP contribution in [-0.4, -0.2) is 32.0 Å². The molecule has 0 unspecified atom stereocenters. The van der Waals surface area contributed by atoms with Crippen LogP contribution < -0.4 is 9.64 Å². The number of hydrogen-bond donors (Lipinski definition) is 0. The monoisotopic (exact) mass is 392 g/mol. The van der Waals surface area contributed by atoms with E-state index in [1.54, 1.807) is 32.2 Å². The van der Waals surface area contributed by atoms with Crippen LogP contribution in [0.2, 0.25) is 0 Å². The molecule has 0 radical (unpaired) electrons. The molecular weight excluding hydrogens is 372 g/mol. The molecule has 7 heteroatoms. The Morgan fingerprint density at radius 2 is 2.03 bits per heavy atom. The second-order valence-corrected chi connectivity index (χ2v) is 7.01. The summed E-state index contributed by atoms with van der Waals surface area (Å²) < 4.78 is 16.2. The number of hydrogen-bond acceptors (Lipinski definition) is 6. The molecule has 2 heterocycles. The lowest BCUT2D eigenvalue weighted by molar-refractivity contribution is -0.142. The highest BCUT2D eigenvalue weighted by Gasteiger charge is 2.67. The zero-order valence-electron chi connectivity index (χ0n) is 16.1. The first-order valence-corrected chi connectivity index (χ1v) is 9.35. The standard InChI is InChI=1S/C22H20N2O5/c1-3-28-21(26)24-18-10-9-15(27-2)11-16(18)22(12-14-7-5-4-6-8-14)17(13-23)19(25)29-20(22)24/h4-11,17,20H,3,12H2,1-2H3/t17-,20+,22-/m1/s1. The fourth-order valence-electron chi connectivity index (χ4n) is 4.33. The van der Waals surface area contributed by atoms with Gasteiger partial charge in [-0.25, -0.2) is 9.69 Å². The molecule has 29 heavy (non-hydrogen) atoms. The van der Waals surface area contributed by atoms with Crippen molar-refractivity contribution in [2.75, 3.05) is 18.6 Å². The summed E-state index contributed by atoms with van der Waals surface area (Å²) in [6, 6.07) is 16.9.